The van der Waals surface area contributed by atoms with Crippen LogP contribution in [0.1, 0.15) is 18.4 Å². The Kier molecular flexibility index (Phi) is 2.46. The van der Waals surface area contributed by atoms with E-state index >= 15 is 0 Å². The summed E-state index contributed by atoms with van der Waals surface area (Å²) in [5, 5.41) is 2.94. The summed E-state index contributed by atoms with van der Waals surface area (Å²) in [6.45, 7) is 0.0556. The van der Waals surface area contributed by atoms with Gasteiger partial charge in [0.05, 0.1) is 0 Å². The van der Waals surface area contributed by atoms with Crippen molar-refractivity contribution in [1.29, 1.82) is 0 Å². The van der Waals surface area contributed by atoms with Crippen LogP contribution in [0.5, 0.6) is 0 Å². The van der Waals surface area contributed by atoms with Crippen molar-refractivity contribution in [3.05, 3.63) is 35.1 Å². The molecule has 0 amide bonds. The zero-order valence-electron chi connectivity index (χ0n) is 7.49. The molecule has 4 heteroatoms. The van der Waals surface area contributed by atoms with Crippen molar-refractivity contribution in [2.45, 2.75) is 25.4 Å². The summed E-state index contributed by atoms with van der Waals surface area (Å²) in [5.74, 6) is -2.78. The van der Waals surface area contributed by atoms with E-state index in [0.717, 1.165) is 25.0 Å². The highest BCUT2D eigenvalue weighted by molar-refractivity contribution is 5.21. The van der Waals surface area contributed by atoms with E-state index in [-0.39, 0.29) is 12.1 Å². The SMILES string of the molecule is Fc1ccc(F)c(CNC2CC2)c1F. The largest absolute Gasteiger partial charge is 0.310 e. The molecule has 1 fully saturated rings. The third kappa shape index (κ3) is 1.90. The van der Waals surface area contributed by atoms with Crippen molar-refractivity contribution in [3.63, 3.8) is 0 Å². The first kappa shape index (κ1) is 9.52. The lowest BCUT2D eigenvalue weighted by atomic mass is 10.2. The van der Waals surface area contributed by atoms with Gasteiger partial charge in [-0.1, -0.05) is 0 Å². The minimum absolute atomic E-state index is 0.0556. The van der Waals surface area contributed by atoms with Crippen LogP contribution >= 0.6 is 0 Å². The molecule has 0 spiro atoms. The molecule has 0 unspecified atom stereocenters. The van der Waals surface area contributed by atoms with Crippen LogP contribution in [0.15, 0.2) is 12.1 Å². The molecule has 2 rings (SSSR count). The van der Waals surface area contributed by atoms with Crippen LogP contribution in [0.2, 0.25) is 0 Å². The fourth-order valence-electron chi connectivity index (χ4n) is 1.26. The molecular formula is C10H10F3N. The fraction of sp³-hybridized carbons (Fsp3) is 0.400. The van der Waals surface area contributed by atoms with Crippen LogP contribution in [0.4, 0.5) is 13.2 Å². The molecule has 1 aliphatic rings. The average molecular weight is 201 g/mol. The second-order valence-electron chi connectivity index (χ2n) is 3.48. The Morgan fingerprint density at radius 2 is 1.79 bits per heavy atom. The quantitative estimate of drug-likeness (QED) is 0.740. The predicted octanol–water partition coefficient (Wildman–Crippen LogP) is 2.36. The van der Waals surface area contributed by atoms with Gasteiger partial charge in [-0.3, -0.25) is 0 Å². The molecule has 1 saturated carbocycles. The number of rotatable bonds is 3. The standard InChI is InChI=1S/C10H10F3N/c11-8-3-4-9(12)10(13)7(8)5-14-6-1-2-6/h3-4,6,14H,1-2,5H2. The fourth-order valence-corrected chi connectivity index (χ4v) is 1.26. The third-order valence-electron chi connectivity index (χ3n) is 2.28. The van der Waals surface area contributed by atoms with Crippen molar-refractivity contribution in [2.24, 2.45) is 0 Å². The van der Waals surface area contributed by atoms with Crippen LogP contribution < -0.4 is 5.32 Å². The minimum atomic E-state index is -1.09. The molecule has 1 aliphatic carbocycles. The molecule has 0 saturated heterocycles. The summed E-state index contributed by atoms with van der Waals surface area (Å²) < 4.78 is 38.9. The van der Waals surface area contributed by atoms with Gasteiger partial charge >= 0.3 is 0 Å². The second kappa shape index (κ2) is 3.61. The summed E-state index contributed by atoms with van der Waals surface area (Å²) in [6.07, 6.45) is 2.05. The first-order valence-corrected chi connectivity index (χ1v) is 4.54. The van der Waals surface area contributed by atoms with E-state index in [1.165, 1.54) is 0 Å². The van der Waals surface area contributed by atoms with Gasteiger partial charge in [0.2, 0.25) is 0 Å². The molecule has 0 aliphatic heterocycles. The number of benzene rings is 1. The number of hydrogen-bond acceptors (Lipinski definition) is 1. The molecule has 1 aromatic rings. The first-order chi connectivity index (χ1) is 6.68. The van der Waals surface area contributed by atoms with E-state index in [4.69, 9.17) is 0 Å². The number of hydrogen-bond donors (Lipinski definition) is 1. The lowest BCUT2D eigenvalue weighted by molar-refractivity contribution is 0.471. The summed E-state index contributed by atoms with van der Waals surface area (Å²) in [6, 6.07) is 2.09. The average Bonchev–Trinajstić information content (AvgIpc) is 2.95. The third-order valence-corrected chi connectivity index (χ3v) is 2.28. The Balaban J connectivity index is 2.16. The maximum Gasteiger partial charge on any atom is 0.166 e. The Labute approximate surface area is 79.9 Å². The monoisotopic (exact) mass is 201 g/mol. The van der Waals surface area contributed by atoms with E-state index in [1.807, 2.05) is 0 Å². The lowest BCUT2D eigenvalue weighted by Gasteiger charge is -2.06. The van der Waals surface area contributed by atoms with Gasteiger partial charge in [0.25, 0.3) is 0 Å². The van der Waals surface area contributed by atoms with Crippen LogP contribution in [-0.2, 0) is 6.54 Å². The zero-order valence-corrected chi connectivity index (χ0v) is 7.49. The molecule has 76 valence electrons. The van der Waals surface area contributed by atoms with E-state index in [2.05, 4.69) is 5.32 Å². The molecule has 1 N–H and O–H groups in total. The van der Waals surface area contributed by atoms with Crippen molar-refractivity contribution in [3.8, 4) is 0 Å². The smallest absolute Gasteiger partial charge is 0.166 e. The Bertz CT molecular complexity index is 347. The van der Waals surface area contributed by atoms with Gasteiger partial charge in [-0.05, 0) is 25.0 Å². The topological polar surface area (TPSA) is 12.0 Å². The molecule has 14 heavy (non-hydrogen) atoms. The van der Waals surface area contributed by atoms with Gasteiger partial charge in [-0.2, -0.15) is 0 Å². The predicted molar refractivity (Wildman–Crippen MR) is 46.2 cm³/mol. The van der Waals surface area contributed by atoms with Gasteiger partial charge in [0.1, 0.15) is 5.82 Å². The van der Waals surface area contributed by atoms with Crippen molar-refractivity contribution in [1.82, 2.24) is 5.32 Å². The van der Waals surface area contributed by atoms with Crippen LogP contribution in [0.3, 0.4) is 0 Å². The van der Waals surface area contributed by atoms with Crippen molar-refractivity contribution < 1.29 is 13.2 Å². The maximum atomic E-state index is 13.1. The summed E-state index contributed by atoms with van der Waals surface area (Å²) in [7, 11) is 0. The summed E-state index contributed by atoms with van der Waals surface area (Å²) in [4.78, 5) is 0. The van der Waals surface area contributed by atoms with Gasteiger partial charge < -0.3 is 5.32 Å². The van der Waals surface area contributed by atoms with E-state index in [0.29, 0.717) is 6.04 Å². The number of halogens is 3. The van der Waals surface area contributed by atoms with Gasteiger partial charge in [-0.25, -0.2) is 13.2 Å². The van der Waals surface area contributed by atoms with Crippen LogP contribution in [0, 0.1) is 17.5 Å². The second-order valence-corrected chi connectivity index (χ2v) is 3.48. The molecule has 0 aromatic heterocycles. The molecule has 0 heterocycles. The van der Waals surface area contributed by atoms with Crippen LogP contribution in [0.25, 0.3) is 0 Å². The van der Waals surface area contributed by atoms with E-state index < -0.39 is 17.5 Å². The molecule has 0 radical (unpaired) electrons. The van der Waals surface area contributed by atoms with Gasteiger partial charge in [0, 0.05) is 18.2 Å². The highest BCUT2D eigenvalue weighted by atomic mass is 19.2. The molecule has 0 bridgehead atoms. The normalized spacial score (nSPS) is 15.9. The summed E-state index contributed by atoms with van der Waals surface area (Å²) >= 11 is 0. The maximum absolute atomic E-state index is 13.1. The van der Waals surface area contributed by atoms with Crippen molar-refractivity contribution >= 4 is 0 Å². The lowest BCUT2D eigenvalue weighted by Crippen LogP contribution is -2.17. The van der Waals surface area contributed by atoms with Crippen LogP contribution in [-0.4, -0.2) is 6.04 Å². The number of nitrogens with one attached hydrogen (secondary N) is 1. The Hall–Kier alpha value is -1.03. The zero-order chi connectivity index (χ0) is 10.1. The van der Waals surface area contributed by atoms with Gasteiger partial charge in [-0.15, -0.1) is 0 Å². The molecular weight excluding hydrogens is 191 g/mol. The highest BCUT2D eigenvalue weighted by Crippen LogP contribution is 2.21. The van der Waals surface area contributed by atoms with Gasteiger partial charge in [0.15, 0.2) is 11.6 Å². The van der Waals surface area contributed by atoms with E-state index in [9.17, 15) is 13.2 Å². The molecule has 1 aromatic carbocycles. The van der Waals surface area contributed by atoms with Crippen molar-refractivity contribution in [2.75, 3.05) is 0 Å². The molecule has 1 nitrogen and oxygen atoms in total. The Morgan fingerprint density at radius 3 is 2.43 bits per heavy atom. The first-order valence-electron chi connectivity index (χ1n) is 4.54. The summed E-state index contributed by atoms with van der Waals surface area (Å²) in [5.41, 5.74) is -0.211. The minimum Gasteiger partial charge on any atom is -0.310 e. The molecule has 0 atom stereocenters. The van der Waals surface area contributed by atoms with E-state index in [1.54, 1.807) is 0 Å². The highest BCUT2D eigenvalue weighted by Gasteiger charge is 2.22. The Morgan fingerprint density at radius 1 is 1.14 bits per heavy atom.